The summed E-state index contributed by atoms with van der Waals surface area (Å²) in [6.07, 6.45) is 4.49. The first-order valence-corrected chi connectivity index (χ1v) is 7.74. The Bertz CT molecular complexity index is 441. The summed E-state index contributed by atoms with van der Waals surface area (Å²) in [6, 6.07) is 6.21. The molecule has 0 aromatic heterocycles. The van der Waals surface area contributed by atoms with Crippen LogP contribution in [0, 0.1) is 19.3 Å². The molecule has 0 spiro atoms. The molecule has 1 aliphatic carbocycles. The van der Waals surface area contributed by atoms with Gasteiger partial charge in [-0.15, -0.1) is 0 Å². The molecule has 1 atom stereocenters. The van der Waals surface area contributed by atoms with Crippen molar-refractivity contribution in [3.05, 3.63) is 34.9 Å². The van der Waals surface area contributed by atoms with Crippen LogP contribution in [0.5, 0.6) is 0 Å². The Kier molecular flexibility index (Phi) is 4.87. The second-order valence-corrected chi connectivity index (χ2v) is 7.07. The SMILES string of the molecule is Cc1ccc(C)c(C(O)COC2CCC(C)(C)CC2)c1. The van der Waals surface area contributed by atoms with Crippen LogP contribution in [0.3, 0.4) is 0 Å². The van der Waals surface area contributed by atoms with E-state index in [2.05, 4.69) is 39.0 Å². The Hall–Kier alpha value is -0.860. The fraction of sp³-hybridized carbons (Fsp3) is 0.667. The standard InChI is InChI=1S/C18H28O2/c1-13-5-6-14(2)16(11-13)17(19)12-20-15-7-9-18(3,4)10-8-15/h5-6,11,15,17,19H,7-10,12H2,1-4H3. The van der Waals surface area contributed by atoms with Crippen LogP contribution in [0.25, 0.3) is 0 Å². The average molecular weight is 276 g/mol. The molecule has 0 heterocycles. The van der Waals surface area contributed by atoms with Crippen molar-refractivity contribution in [2.24, 2.45) is 5.41 Å². The zero-order valence-corrected chi connectivity index (χ0v) is 13.3. The van der Waals surface area contributed by atoms with Gasteiger partial charge in [-0.1, -0.05) is 37.6 Å². The van der Waals surface area contributed by atoms with E-state index < -0.39 is 6.10 Å². The van der Waals surface area contributed by atoms with Crippen LogP contribution in [0.15, 0.2) is 18.2 Å². The van der Waals surface area contributed by atoms with E-state index in [1.165, 1.54) is 18.4 Å². The van der Waals surface area contributed by atoms with E-state index in [1.807, 2.05) is 6.92 Å². The summed E-state index contributed by atoms with van der Waals surface area (Å²) in [4.78, 5) is 0. The normalized spacial score (nSPS) is 20.9. The highest BCUT2D eigenvalue weighted by Crippen LogP contribution is 2.36. The molecule has 1 aromatic rings. The van der Waals surface area contributed by atoms with Crippen LogP contribution in [0.4, 0.5) is 0 Å². The van der Waals surface area contributed by atoms with Gasteiger partial charge in [0, 0.05) is 0 Å². The second kappa shape index (κ2) is 6.28. The smallest absolute Gasteiger partial charge is 0.103 e. The molecule has 1 aromatic carbocycles. The average Bonchev–Trinajstić information content (AvgIpc) is 2.40. The van der Waals surface area contributed by atoms with Crippen molar-refractivity contribution in [2.75, 3.05) is 6.61 Å². The largest absolute Gasteiger partial charge is 0.386 e. The Morgan fingerprint density at radius 3 is 2.55 bits per heavy atom. The van der Waals surface area contributed by atoms with E-state index >= 15 is 0 Å². The number of hydrogen-bond donors (Lipinski definition) is 1. The number of aryl methyl sites for hydroxylation is 2. The molecule has 1 unspecified atom stereocenters. The topological polar surface area (TPSA) is 29.5 Å². The fourth-order valence-electron chi connectivity index (χ4n) is 2.98. The first kappa shape index (κ1) is 15.5. The maximum absolute atomic E-state index is 10.3. The van der Waals surface area contributed by atoms with Gasteiger partial charge in [-0.3, -0.25) is 0 Å². The zero-order chi connectivity index (χ0) is 14.8. The van der Waals surface area contributed by atoms with E-state index in [1.54, 1.807) is 0 Å². The molecule has 2 heteroatoms. The molecular weight excluding hydrogens is 248 g/mol. The summed E-state index contributed by atoms with van der Waals surface area (Å²) in [5.74, 6) is 0. The number of aliphatic hydroxyl groups excluding tert-OH is 1. The molecule has 1 aliphatic rings. The Labute approximate surface area is 123 Å². The lowest BCUT2D eigenvalue weighted by Crippen LogP contribution is -2.27. The highest BCUT2D eigenvalue weighted by Gasteiger charge is 2.27. The van der Waals surface area contributed by atoms with Gasteiger partial charge in [-0.2, -0.15) is 0 Å². The van der Waals surface area contributed by atoms with Gasteiger partial charge in [0.15, 0.2) is 0 Å². The number of benzene rings is 1. The molecule has 1 fully saturated rings. The lowest BCUT2D eigenvalue weighted by Gasteiger charge is -2.34. The first-order chi connectivity index (χ1) is 9.37. The van der Waals surface area contributed by atoms with E-state index in [9.17, 15) is 5.11 Å². The quantitative estimate of drug-likeness (QED) is 0.887. The third kappa shape index (κ3) is 4.07. The summed E-state index contributed by atoms with van der Waals surface area (Å²) in [6.45, 7) is 9.17. The third-order valence-corrected chi connectivity index (χ3v) is 4.57. The van der Waals surface area contributed by atoms with Gasteiger partial charge >= 0.3 is 0 Å². The Morgan fingerprint density at radius 2 is 1.90 bits per heavy atom. The van der Waals surface area contributed by atoms with E-state index in [0.29, 0.717) is 18.1 Å². The van der Waals surface area contributed by atoms with Crippen molar-refractivity contribution in [3.63, 3.8) is 0 Å². The van der Waals surface area contributed by atoms with Crippen LogP contribution in [-0.2, 0) is 4.74 Å². The molecule has 1 N–H and O–H groups in total. The molecule has 0 saturated heterocycles. The number of aliphatic hydroxyl groups is 1. The summed E-state index contributed by atoms with van der Waals surface area (Å²) >= 11 is 0. The van der Waals surface area contributed by atoms with Crippen LogP contribution >= 0.6 is 0 Å². The molecule has 0 bridgehead atoms. The molecule has 20 heavy (non-hydrogen) atoms. The predicted molar refractivity (Wildman–Crippen MR) is 82.9 cm³/mol. The molecule has 0 aliphatic heterocycles. The number of rotatable bonds is 4. The minimum absolute atomic E-state index is 0.322. The van der Waals surface area contributed by atoms with Crippen LogP contribution in [0.1, 0.15) is 62.3 Å². The van der Waals surface area contributed by atoms with E-state index in [0.717, 1.165) is 24.0 Å². The molecule has 0 amide bonds. The maximum atomic E-state index is 10.3. The van der Waals surface area contributed by atoms with Gasteiger partial charge in [-0.05, 0) is 56.1 Å². The second-order valence-electron chi connectivity index (χ2n) is 7.07. The van der Waals surface area contributed by atoms with Gasteiger partial charge in [0.05, 0.1) is 12.7 Å². The number of ether oxygens (including phenoxy) is 1. The molecule has 0 radical (unpaired) electrons. The predicted octanol–water partition coefficient (Wildman–Crippen LogP) is 4.32. The highest BCUT2D eigenvalue weighted by molar-refractivity contribution is 5.32. The van der Waals surface area contributed by atoms with Crippen LogP contribution in [0.2, 0.25) is 0 Å². The van der Waals surface area contributed by atoms with E-state index in [-0.39, 0.29) is 0 Å². The molecule has 2 nitrogen and oxygen atoms in total. The molecular formula is C18H28O2. The minimum atomic E-state index is -0.509. The first-order valence-electron chi connectivity index (χ1n) is 7.74. The summed E-state index contributed by atoms with van der Waals surface area (Å²) in [7, 11) is 0. The number of hydrogen-bond acceptors (Lipinski definition) is 2. The fourth-order valence-corrected chi connectivity index (χ4v) is 2.98. The summed E-state index contributed by atoms with van der Waals surface area (Å²) in [5, 5.41) is 10.3. The molecule has 112 valence electrons. The van der Waals surface area contributed by atoms with Gasteiger partial charge in [0.1, 0.15) is 6.10 Å². The Morgan fingerprint density at radius 1 is 1.25 bits per heavy atom. The van der Waals surface area contributed by atoms with Gasteiger partial charge in [-0.25, -0.2) is 0 Å². The molecule has 2 rings (SSSR count). The van der Waals surface area contributed by atoms with Gasteiger partial charge < -0.3 is 9.84 Å². The molecule has 1 saturated carbocycles. The maximum Gasteiger partial charge on any atom is 0.103 e. The van der Waals surface area contributed by atoms with Gasteiger partial charge in [0.2, 0.25) is 0 Å². The summed E-state index contributed by atoms with van der Waals surface area (Å²) in [5.41, 5.74) is 3.78. The minimum Gasteiger partial charge on any atom is -0.386 e. The summed E-state index contributed by atoms with van der Waals surface area (Å²) < 4.78 is 5.94. The van der Waals surface area contributed by atoms with Crippen molar-refractivity contribution in [1.82, 2.24) is 0 Å². The Balaban J connectivity index is 1.86. The van der Waals surface area contributed by atoms with Gasteiger partial charge in [0.25, 0.3) is 0 Å². The van der Waals surface area contributed by atoms with Crippen molar-refractivity contribution >= 4 is 0 Å². The van der Waals surface area contributed by atoms with E-state index in [4.69, 9.17) is 4.74 Å². The van der Waals surface area contributed by atoms with Crippen molar-refractivity contribution < 1.29 is 9.84 Å². The van der Waals surface area contributed by atoms with Crippen LogP contribution < -0.4 is 0 Å². The lowest BCUT2D eigenvalue weighted by molar-refractivity contribution is -0.0381. The highest BCUT2D eigenvalue weighted by atomic mass is 16.5. The zero-order valence-electron chi connectivity index (χ0n) is 13.3. The van der Waals surface area contributed by atoms with Crippen molar-refractivity contribution in [2.45, 2.75) is 65.6 Å². The third-order valence-electron chi connectivity index (χ3n) is 4.57. The van der Waals surface area contributed by atoms with Crippen LogP contribution in [-0.4, -0.2) is 17.8 Å². The monoisotopic (exact) mass is 276 g/mol. The van der Waals surface area contributed by atoms with Crippen molar-refractivity contribution in [1.29, 1.82) is 0 Å². The lowest BCUT2D eigenvalue weighted by atomic mass is 9.76. The van der Waals surface area contributed by atoms with Crippen molar-refractivity contribution in [3.8, 4) is 0 Å².